The zero-order valence-electron chi connectivity index (χ0n) is 10.8. The lowest BCUT2D eigenvalue weighted by atomic mass is 9.83. The Kier molecular flexibility index (Phi) is 6.26. The standard InChI is InChI=1S/C13H28N2/c1-4-15(5-2)11-12(3)14-10-9-13-7-6-8-13/h12-14H,4-11H2,1-3H3. The van der Waals surface area contributed by atoms with Gasteiger partial charge in [-0.1, -0.05) is 33.1 Å². The van der Waals surface area contributed by atoms with Crippen molar-refractivity contribution in [2.24, 2.45) is 5.92 Å². The molecule has 2 heteroatoms. The second kappa shape index (κ2) is 7.24. The van der Waals surface area contributed by atoms with Gasteiger partial charge < -0.3 is 10.2 Å². The van der Waals surface area contributed by atoms with Gasteiger partial charge in [-0.25, -0.2) is 0 Å². The molecule has 90 valence electrons. The molecular formula is C13H28N2. The van der Waals surface area contributed by atoms with Crippen LogP contribution in [0, 0.1) is 5.92 Å². The van der Waals surface area contributed by atoms with Gasteiger partial charge in [0.05, 0.1) is 0 Å². The number of likely N-dealkylation sites (N-methyl/N-ethyl adjacent to an activating group) is 1. The Morgan fingerprint density at radius 1 is 1.27 bits per heavy atom. The summed E-state index contributed by atoms with van der Waals surface area (Å²) in [5.74, 6) is 1.04. The zero-order chi connectivity index (χ0) is 11.1. The van der Waals surface area contributed by atoms with Crippen LogP contribution in [0.5, 0.6) is 0 Å². The SMILES string of the molecule is CCN(CC)CC(C)NCCC1CCC1. The molecule has 1 N–H and O–H groups in total. The minimum Gasteiger partial charge on any atom is -0.313 e. The van der Waals surface area contributed by atoms with Crippen LogP contribution in [0.25, 0.3) is 0 Å². The summed E-state index contributed by atoms with van der Waals surface area (Å²) in [6.07, 6.45) is 5.82. The lowest BCUT2D eigenvalue weighted by Gasteiger charge is -2.27. The van der Waals surface area contributed by atoms with Gasteiger partial charge in [0.15, 0.2) is 0 Å². The molecule has 2 nitrogen and oxygen atoms in total. The lowest BCUT2D eigenvalue weighted by Crippen LogP contribution is -2.40. The van der Waals surface area contributed by atoms with Gasteiger partial charge in [0.1, 0.15) is 0 Å². The van der Waals surface area contributed by atoms with Gasteiger partial charge in [0.25, 0.3) is 0 Å². The second-order valence-electron chi connectivity index (χ2n) is 4.93. The van der Waals surface area contributed by atoms with E-state index in [4.69, 9.17) is 0 Å². The molecule has 1 rings (SSSR count). The fourth-order valence-electron chi connectivity index (χ4n) is 2.25. The molecule has 1 saturated carbocycles. The Balaban J connectivity index is 1.98. The smallest absolute Gasteiger partial charge is 0.0166 e. The summed E-state index contributed by atoms with van der Waals surface area (Å²) in [7, 11) is 0. The molecule has 0 aromatic rings. The van der Waals surface area contributed by atoms with Gasteiger partial charge in [0, 0.05) is 12.6 Å². The first-order chi connectivity index (χ1) is 7.26. The first-order valence-electron chi connectivity index (χ1n) is 6.72. The van der Waals surface area contributed by atoms with Crippen molar-refractivity contribution in [2.75, 3.05) is 26.2 Å². The highest BCUT2D eigenvalue weighted by atomic mass is 15.1. The summed E-state index contributed by atoms with van der Waals surface area (Å²) in [6, 6.07) is 0.643. The summed E-state index contributed by atoms with van der Waals surface area (Å²) in [6.45, 7) is 11.5. The molecule has 1 atom stereocenters. The Morgan fingerprint density at radius 3 is 2.40 bits per heavy atom. The Morgan fingerprint density at radius 2 is 1.93 bits per heavy atom. The lowest BCUT2D eigenvalue weighted by molar-refractivity contribution is 0.256. The van der Waals surface area contributed by atoms with Crippen LogP contribution in [-0.4, -0.2) is 37.1 Å². The Bertz CT molecular complexity index is 151. The van der Waals surface area contributed by atoms with E-state index in [1.165, 1.54) is 51.9 Å². The molecule has 0 radical (unpaired) electrons. The molecule has 0 heterocycles. The number of hydrogen-bond acceptors (Lipinski definition) is 2. The highest BCUT2D eigenvalue weighted by molar-refractivity contribution is 4.72. The average molecular weight is 212 g/mol. The molecule has 15 heavy (non-hydrogen) atoms. The molecule has 0 aromatic heterocycles. The third kappa shape index (κ3) is 4.98. The van der Waals surface area contributed by atoms with Crippen molar-refractivity contribution in [2.45, 2.75) is 52.5 Å². The van der Waals surface area contributed by atoms with E-state index in [1.54, 1.807) is 0 Å². The maximum absolute atomic E-state index is 3.64. The van der Waals surface area contributed by atoms with Gasteiger partial charge in [0.2, 0.25) is 0 Å². The zero-order valence-corrected chi connectivity index (χ0v) is 10.8. The molecule has 1 unspecified atom stereocenters. The van der Waals surface area contributed by atoms with Crippen LogP contribution in [0.1, 0.15) is 46.5 Å². The summed E-state index contributed by atoms with van der Waals surface area (Å²) < 4.78 is 0. The third-order valence-electron chi connectivity index (χ3n) is 3.70. The van der Waals surface area contributed by atoms with Crippen LogP contribution in [-0.2, 0) is 0 Å². The molecule has 1 fully saturated rings. The summed E-state index contributed by atoms with van der Waals surface area (Å²) >= 11 is 0. The monoisotopic (exact) mass is 212 g/mol. The van der Waals surface area contributed by atoms with E-state index in [-0.39, 0.29) is 0 Å². The number of nitrogens with zero attached hydrogens (tertiary/aromatic N) is 1. The van der Waals surface area contributed by atoms with Gasteiger partial charge in [-0.3, -0.25) is 0 Å². The number of rotatable bonds is 8. The highest BCUT2D eigenvalue weighted by Gasteiger charge is 2.16. The Hall–Kier alpha value is -0.0800. The van der Waals surface area contributed by atoms with E-state index in [0.717, 1.165) is 5.92 Å². The van der Waals surface area contributed by atoms with Crippen LogP contribution in [0.3, 0.4) is 0 Å². The number of nitrogens with one attached hydrogen (secondary N) is 1. The van der Waals surface area contributed by atoms with Gasteiger partial charge in [-0.05, 0) is 38.9 Å². The van der Waals surface area contributed by atoms with Crippen molar-refractivity contribution >= 4 is 0 Å². The topological polar surface area (TPSA) is 15.3 Å². The van der Waals surface area contributed by atoms with E-state index in [9.17, 15) is 0 Å². The summed E-state index contributed by atoms with van der Waals surface area (Å²) in [5.41, 5.74) is 0. The first-order valence-corrected chi connectivity index (χ1v) is 6.72. The van der Waals surface area contributed by atoms with Crippen molar-refractivity contribution in [3.8, 4) is 0 Å². The van der Waals surface area contributed by atoms with Crippen molar-refractivity contribution in [3.63, 3.8) is 0 Å². The average Bonchev–Trinajstić information content (AvgIpc) is 2.18. The maximum atomic E-state index is 3.64. The fraction of sp³-hybridized carbons (Fsp3) is 1.00. The largest absolute Gasteiger partial charge is 0.313 e. The highest BCUT2D eigenvalue weighted by Crippen LogP contribution is 2.28. The molecule has 0 spiro atoms. The van der Waals surface area contributed by atoms with E-state index in [2.05, 4.69) is 31.0 Å². The minimum atomic E-state index is 0.643. The molecule has 0 aliphatic heterocycles. The molecule has 0 bridgehead atoms. The van der Waals surface area contributed by atoms with E-state index in [0.29, 0.717) is 6.04 Å². The molecular weight excluding hydrogens is 184 g/mol. The van der Waals surface area contributed by atoms with Crippen LogP contribution < -0.4 is 5.32 Å². The van der Waals surface area contributed by atoms with Crippen molar-refractivity contribution in [1.82, 2.24) is 10.2 Å². The quantitative estimate of drug-likeness (QED) is 0.665. The van der Waals surface area contributed by atoms with Crippen molar-refractivity contribution in [3.05, 3.63) is 0 Å². The predicted octanol–water partition coefficient (Wildman–Crippen LogP) is 2.50. The fourth-order valence-corrected chi connectivity index (χ4v) is 2.25. The minimum absolute atomic E-state index is 0.643. The van der Waals surface area contributed by atoms with Gasteiger partial charge >= 0.3 is 0 Å². The van der Waals surface area contributed by atoms with Crippen LogP contribution in [0.2, 0.25) is 0 Å². The van der Waals surface area contributed by atoms with Crippen molar-refractivity contribution in [1.29, 1.82) is 0 Å². The van der Waals surface area contributed by atoms with Gasteiger partial charge in [-0.2, -0.15) is 0 Å². The summed E-state index contributed by atoms with van der Waals surface area (Å²) in [4.78, 5) is 2.49. The molecule has 1 aliphatic carbocycles. The molecule has 1 aliphatic rings. The molecule has 0 aromatic carbocycles. The van der Waals surface area contributed by atoms with Crippen LogP contribution in [0.15, 0.2) is 0 Å². The predicted molar refractivity (Wildman–Crippen MR) is 67.2 cm³/mol. The van der Waals surface area contributed by atoms with Crippen molar-refractivity contribution < 1.29 is 0 Å². The van der Waals surface area contributed by atoms with E-state index >= 15 is 0 Å². The third-order valence-corrected chi connectivity index (χ3v) is 3.70. The maximum Gasteiger partial charge on any atom is 0.0166 e. The summed E-state index contributed by atoms with van der Waals surface area (Å²) in [5, 5.41) is 3.64. The first kappa shape index (κ1) is 13.0. The number of hydrogen-bond donors (Lipinski definition) is 1. The second-order valence-corrected chi connectivity index (χ2v) is 4.93. The van der Waals surface area contributed by atoms with E-state index in [1.807, 2.05) is 0 Å². The molecule has 0 amide bonds. The molecule has 0 saturated heterocycles. The van der Waals surface area contributed by atoms with E-state index < -0.39 is 0 Å². The van der Waals surface area contributed by atoms with Gasteiger partial charge in [-0.15, -0.1) is 0 Å². The van der Waals surface area contributed by atoms with Crippen LogP contribution in [0.4, 0.5) is 0 Å². The van der Waals surface area contributed by atoms with Crippen LogP contribution >= 0.6 is 0 Å². The normalized spacial score (nSPS) is 19.2. The Labute approximate surface area is 95.4 Å².